The standard InChI is InChI=1S/C18H30N2/c1-5-16(19)17(15-9-6-8-14(2)12-15)20-11-7-10-18(3,4)13-20/h6,8-9,12,16-17H,5,7,10-11,13,19H2,1-4H3. The Morgan fingerprint density at radius 3 is 2.70 bits per heavy atom. The van der Waals surface area contributed by atoms with Crippen LogP contribution in [0.15, 0.2) is 24.3 Å². The van der Waals surface area contributed by atoms with E-state index in [0.717, 1.165) is 13.0 Å². The summed E-state index contributed by atoms with van der Waals surface area (Å²) in [4.78, 5) is 2.62. The van der Waals surface area contributed by atoms with Gasteiger partial charge in [0.1, 0.15) is 0 Å². The van der Waals surface area contributed by atoms with Crippen molar-refractivity contribution < 1.29 is 0 Å². The van der Waals surface area contributed by atoms with Crippen molar-refractivity contribution in [3.05, 3.63) is 35.4 Å². The highest BCUT2D eigenvalue weighted by Crippen LogP contribution is 2.35. The molecule has 0 saturated carbocycles. The predicted octanol–water partition coefficient (Wildman–Crippen LogP) is 3.90. The molecular weight excluding hydrogens is 244 g/mol. The second-order valence-corrected chi connectivity index (χ2v) is 7.17. The molecule has 0 amide bonds. The molecule has 1 aliphatic heterocycles. The SMILES string of the molecule is CCC(N)C(c1cccc(C)c1)N1CCCC(C)(C)C1. The van der Waals surface area contributed by atoms with Crippen molar-refractivity contribution in [3.63, 3.8) is 0 Å². The molecule has 2 heteroatoms. The first-order chi connectivity index (χ1) is 9.43. The maximum atomic E-state index is 6.48. The molecular formula is C18H30N2. The van der Waals surface area contributed by atoms with Crippen molar-refractivity contribution >= 4 is 0 Å². The number of benzene rings is 1. The van der Waals surface area contributed by atoms with E-state index in [1.807, 2.05) is 0 Å². The van der Waals surface area contributed by atoms with Gasteiger partial charge >= 0.3 is 0 Å². The van der Waals surface area contributed by atoms with E-state index in [9.17, 15) is 0 Å². The third-order valence-corrected chi connectivity index (χ3v) is 4.58. The largest absolute Gasteiger partial charge is 0.326 e. The number of nitrogens with zero attached hydrogens (tertiary/aromatic N) is 1. The fraction of sp³-hybridized carbons (Fsp3) is 0.667. The van der Waals surface area contributed by atoms with Gasteiger partial charge in [0.25, 0.3) is 0 Å². The van der Waals surface area contributed by atoms with Gasteiger partial charge in [-0.15, -0.1) is 0 Å². The third kappa shape index (κ3) is 3.62. The smallest absolute Gasteiger partial charge is 0.0499 e. The van der Waals surface area contributed by atoms with Crippen LogP contribution in [0.2, 0.25) is 0 Å². The average Bonchev–Trinajstić information content (AvgIpc) is 2.38. The lowest BCUT2D eigenvalue weighted by atomic mass is 9.82. The van der Waals surface area contributed by atoms with Gasteiger partial charge in [-0.25, -0.2) is 0 Å². The quantitative estimate of drug-likeness (QED) is 0.902. The van der Waals surface area contributed by atoms with Gasteiger partial charge in [0.15, 0.2) is 0 Å². The number of hydrogen-bond acceptors (Lipinski definition) is 2. The molecule has 2 nitrogen and oxygen atoms in total. The van der Waals surface area contributed by atoms with Crippen LogP contribution in [0, 0.1) is 12.3 Å². The highest BCUT2D eigenvalue weighted by Gasteiger charge is 2.33. The molecule has 20 heavy (non-hydrogen) atoms. The summed E-state index contributed by atoms with van der Waals surface area (Å²) < 4.78 is 0. The summed E-state index contributed by atoms with van der Waals surface area (Å²) in [5, 5.41) is 0. The van der Waals surface area contributed by atoms with Crippen LogP contribution < -0.4 is 5.73 Å². The lowest BCUT2D eigenvalue weighted by Crippen LogP contribution is -2.47. The summed E-state index contributed by atoms with van der Waals surface area (Å²) in [6.45, 7) is 11.4. The first-order valence-corrected chi connectivity index (χ1v) is 7.99. The van der Waals surface area contributed by atoms with Crippen LogP contribution in [-0.2, 0) is 0 Å². The maximum absolute atomic E-state index is 6.48. The number of hydrogen-bond donors (Lipinski definition) is 1. The van der Waals surface area contributed by atoms with Gasteiger partial charge in [0.05, 0.1) is 0 Å². The lowest BCUT2D eigenvalue weighted by Gasteiger charge is -2.44. The molecule has 0 aromatic heterocycles. The van der Waals surface area contributed by atoms with Gasteiger partial charge in [-0.1, -0.05) is 50.6 Å². The topological polar surface area (TPSA) is 29.3 Å². The zero-order valence-electron chi connectivity index (χ0n) is 13.5. The van der Waals surface area contributed by atoms with Crippen molar-refractivity contribution in [1.82, 2.24) is 4.90 Å². The molecule has 112 valence electrons. The zero-order valence-corrected chi connectivity index (χ0v) is 13.5. The number of likely N-dealkylation sites (tertiary alicyclic amines) is 1. The van der Waals surface area contributed by atoms with Crippen molar-refractivity contribution in [2.24, 2.45) is 11.1 Å². The molecule has 1 saturated heterocycles. The van der Waals surface area contributed by atoms with Crippen molar-refractivity contribution in [2.45, 2.75) is 59.0 Å². The van der Waals surface area contributed by atoms with E-state index >= 15 is 0 Å². The van der Waals surface area contributed by atoms with E-state index in [0.29, 0.717) is 11.5 Å². The fourth-order valence-corrected chi connectivity index (χ4v) is 3.51. The molecule has 0 bridgehead atoms. The normalized spacial score (nSPS) is 22.4. The summed E-state index contributed by atoms with van der Waals surface area (Å²) >= 11 is 0. The van der Waals surface area contributed by atoms with Gasteiger partial charge < -0.3 is 5.73 Å². The monoisotopic (exact) mass is 274 g/mol. The Morgan fingerprint density at radius 2 is 2.10 bits per heavy atom. The second kappa shape index (κ2) is 6.28. The summed E-state index contributed by atoms with van der Waals surface area (Å²) in [6, 6.07) is 9.45. The minimum absolute atomic E-state index is 0.214. The molecule has 0 radical (unpaired) electrons. The van der Waals surface area contributed by atoms with Crippen LogP contribution in [0.4, 0.5) is 0 Å². The number of rotatable bonds is 4. The van der Waals surface area contributed by atoms with Gasteiger partial charge in [0, 0.05) is 18.6 Å². The van der Waals surface area contributed by atoms with E-state index in [2.05, 4.69) is 56.9 Å². The Kier molecular flexibility index (Phi) is 4.87. The van der Waals surface area contributed by atoms with Gasteiger partial charge in [0.2, 0.25) is 0 Å². The summed E-state index contributed by atoms with van der Waals surface area (Å²) in [5.74, 6) is 0. The van der Waals surface area contributed by atoms with E-state index in [-0.39, 0.29) is 6.04 Å². The van der Waals surface area contributed by atoms with Gasteiger partial charge in [-0.3, -0.25) is 4.90 Å². The van der Waals surface area contributed by atoms with E-state index in [4.69, 9.17) is 5.73 Å². The highest BCUT2D eigenvalue weighted by molar-refractivity contribution is 5.26. The number of nitrogens with two attached hydrogens (primary N) is 1. The number of aryl methyl sites for hydroxylation is 1. The second-order valence-electron chi connectivity index (χ2n) is 7.17. The van der Waals surface area contributed by atoms with Crippen molar-refractivity contribution in [1.29, 1.82) is 0 Å². The summed E-state index contributed by atoms with van der Waals surface area (Å²) in [5.41, 5.74) is 9.60. The maximum Gasteiger partial charge on any atom is 0.0499 e. The Morgan fingerprint density at radius 1 is 1.35 bits per heavy atom. The first-order valence-electron chi connectivity index (χ1n) is 7.99. The molecule has 2 atom stereocenters. The molecule has 1 fully saturated rings. The minimum Gasteiger partial charge on any atom is -0.326 e. The molecule has 1 aliphatic rings. The predicted molar refractivity (Wildman–Crippen MR) is 86.8 cm³/mol. The zero-order chi connectivity index (χ0) is 14.8. The Labute approximate surface area is 124 Å². The summed E-state index contributed by atoms with van der Waals surface area (Å²) in [6.07, 6.45) is 3.63. The van der Waals surface area contributed by atoms with Crippen LogP contribution in [0.5, 0.6) is 0 Å². The van der Waals surface area contributed by atoms with Gasteiger partial charge in [-0.05, 0) is 43.7 Å². The third-order valence-electron chi connectivity index (χ3n) is 4.58. The van der Waals surface area contributed by atoms with E-state index < -0.39 is 0 Å². The summed E-state index contributed by atoms with van der Waals surface area (Å²) in [7, 11) is 0. The molecule has 2 N–H and O–H groups in total. The molecule has 0 aliphatic carbocycles. The highest BCUT2D eigenvalue weighted by atomic mass is 15.2. The first kappa shape index (κ1) is 15.5. The molecule has 1 heterocycles. The van der Waals surface area contributed by atoms with E-state index in [1.165, 1.54) is 30.5 Å². The Hall–Kier alpha value is -0.860. The fourth-order valence-electron chi connectivity index (χ4n) is 3.51. The van der Waals surface area contributed by atoms with Crippen LogP contribution >= 0.6 is 0 Å². The van der Waals surface area contributed by atoms with Crippen molar-refractivity contribution in [2.75, 3.05) is 13.1 Å². The lowest BCUT2D eigenvalue weighted by molar-refractivity contribution is 0.0657. The van der Waals surface area contributed by atoms with Gasteiger partial charge in [-0.2, -0.15) is 0 Å². The van der Waals surface area contributed by atoms with Crippen molar-refractivity contribution in [3.8, 4) is 0 Å². The molecule has 1 aromatic carbocycles. The average molecular weight is 274 g/mol. The van der Waals surface area contributed by atoms with Crippen LogP contribution in [0.3, 0.4) is 0 Å². The van der Waals surface area contributed by atoms with Crippen LogP contribution in [-0.4, -0.2) is 24.0 Å². The Bertz CT molecular complexity index is 439. The molecule has 2 rings (SSSR count). The Balaban J connectivity index is 2.28. The van der Waals surface area contributed by atoms with E-state index in [1.54, 1.807) is 0 Å². The van der Waals surface area contributed by atoms with Crippen LogP contribution in [0.1, 0.15) is 57.2 Å². The number of piperidine rings is 1. The minimum atomic E-state index is 0.214. The molecule has 2 unspecified atom stereocenters. The van der Waals surface area contributed by atoms with Crippen LogP contribution in [0.25, 0.3) is 0 Å². The molecule has 0 spiro atoms. The molecule has 1 aromatic rings.